The van der Waals surface area contributed by atoms with Crippen molar-refractivity contribution in [2.45, 2.75) is 25.2 Å². The Bertz CT molecular complexity index is 1370. The molecule has 1 aliphatic rings. The van der Waals surface area contributed by atoms with E-state index in [1.165, 1.54) is 12.0 Å². The number of anilines is 1. The molecule has 0 atom stereocenters. The summed E-state index contributed by atoms with van der Waals surface area (Å²) in [5.41, 5.74) is 4.26. The Morgan fingerprint density at radius 3 is 2.17 bits per heavy atom. The molecule has 0 unspecified atom stereocenters. The van der Waals surface area contributed by atoms with E-state index in [-0.39, 0.29) is 5.91 Å². The topological polar surface area (TPSA) is 64.1 Å². The van der Waals surface area contributed by atoms with Gasteiger partial charge in [0.05, 0.1) is 32.7 Å². The minimum absolute atomic E-state index is 0.121. The SMILES string of the molecule is CC.COc1ccc(CC(=O)N2CCN(c3ccc(OSc4ccc(-c5cccnc5)cc4)cc3)CC2)cc1OC. The fourth-order valence-corrected chi connectivity index (χ4v) is 5.09. The first kappa shape index (κ1) is 29.8. The van der Waals surface area contributed by atoms with Crippen molar-refractivity contribution in [3.63, 3.8) is 0 Å². The first-order valence-corrected chi connectivity index (χ1v) is 14.6. The van der Waals surface area contributed by atoms with E-state index in [1.807, 2.05) is 79.5 Å². The molecule has 0 spiro atoms. The molecule has 4 aromatic rings. The molecule has 1 aromatic heterocycles. The van der Waals surface area contributed by atoms with Crippen LogP contribution in [0.3, 0.4) is 0 Å². The van der Waals surface area contributed by atoms with Gasteiger partial charge in [-0.3, -0.25) is 9.78 Å². The number of benzene rings is 3. The van der Waals surface area contributed by atoms with Crippen molar-refractivity contribution >= 4 is 23.6 Å². The second-order valence-electron chi connectivity index (χ2n) is 9.16. The zero-order valence-corrected chi connectivity index (χ0v) is 24.9. The van der Waals surface area contributed by atoms with E-state index in [1.54, 1.807) is 20.4 Å². The average molecular weight is 572 g/mol. The summed E-state index contributed by atoms with van der Waals surface area (Å²) >= 11 is 1.34. The monoisotopic (exact) mass is 571 g/mol. The second kappa shape index (κ2) is 15.0. The van der Waals surface area contributed by atoms with Gasteiger partial charge in [0.2, 0.25) is 5.91 Å². The number of carbonyl (C=O) groups is 1. The van der Waals surface area contributed by atoms with Gasteiger partial charge in [-0.15, -0.1) is 0 Å². The third-order valence-corrected chi connectivity index (χ3v) is 7.46. The Morgan fingerprint density at radius 2 is 1.54 bits per heavy atom. The van der Waals surface area contributed by atoms with E-state index >= 15 is 0 Å². The van der Waals surface area contributed by atoms with Crippen molar-refractivity contribution in [3.05, 3.63) is 96.8 Å². The fourth-order valence-electron chi connectivity index (χ4n) is 4.54. The van der Waals surface area contributed by atoms with Crippen LogP contribution < -0.4 is 18.6 Å². The van der Waals surface area contributed by atoms with Crippen LogP contribution in [-0.4, -0.2) is 56.2 Å². The molecule has 5 rings (SSSR count). The molecule has 2 heterocycles. The standard InChI is InChI=1S/C31H31N3O4S.C2H6/c1-36-29-14-5-23(20-30(29)37-2)21-31(35)34-18-16-33(17-19-34)26-8-10-27(11-9-26)38-39-28-12-6-24(7-13-28)25-4-3-15-32-22-25;1-2/h3-15,20,22H,16-19,21H2,1-2H3;1-2H3. The largest absolute Gasteiger partial charge is 0.493 e. The first-order valence-electron chi connectivity index (χ1n) is 13.8. The van der Waals surface area contributed by atoms with Gasteiger partial charge in [-0.25, -0.2) is 0 Å². The van der Waals surface area contributed by atoms with Crippen LogP contribution in [-0.2, 0) is 11.2 Å². The third kappa shape index (κ3) is 7.95. The molecule has 3 aromatic carbocycles. The van der Waals surface area contributed by atoms with E-state index in [9.17, 15) is 4.79 Å². The quantitative estimate of drug-likeness (QED) is 0.206. The van der Waals surface area contributed by atoms with E-state index in [2.05, 4.69) is 34.1 Å². The van der Waals surface area contributed by atoms with Gasteiger partial charge in [0.15, 0.2) is 11.5 Å². The Kier molecular flexibility index (Phi) is 10.9. The van der Waals surface area contributed by atoms with Gasteiger partial charge in [-0.05, 0) is 71.3 Å². The normalized spacial score (nSPS) is 12.7. The molecule has 7 nitrogen and oxygen atoms in total. The molecule has 0 N–H and O–H groups in total. The summed E-state index contributed by atoms with van der Waals surface area (Å²) in [6.45, 7) is 6.95. The summed E-state index contributed by atoms with van der Waals surface area (Å²) in [6.07, 6.45) is 3.98. The lowest BCUT2D eigenvalue weighted by Crippen LogP contribution is -2.49. The molecular formula is C33H37N3O4S. The van der Waals surface area contributed by atoms with Crippen LogP contribution in [0, 0.1) is 0 Å². The summed E-state index contributed by atoms with van der Waals surface area (Å²) in [5.74, 6) is 2.21. The highest BCUT2D eigenvalue weighted by molar-refractivity contribution is 7.95. The van der Waals surface area contributed by atoms with Gasteiger partial charge in [0, 0.05) is 49.2 Å². The molecule has 8 heteroatoms. The minimum atomic E-state index is 0.121. The first-order chi connectivity index (χ1) is 20.1. The summed E-state index contributed by atoms with van der Waals surface area (Å²) in [5, 5.41) is 0. The number of carbonyl (C=O) groups excluding carboxylic acids is 1. The van der Waals surface area contributed by atoms with Gasteiger partial charge in [0.25, 0.3) is 0 Å². The number of hydrogen-bond donors (Lipinski definition) is 0. The highest BCUT2D eigenvalue weighted by Crippen LogP contribution is 2.29. The van der Waals surface area contributed by atoms with E-state index < -0.39 is 0 Å². The number of nitrogens with zero attached hydrogens (tertiary/aromatic N) is 3. The van der Waals surface area contributed by atoms with Crippen molar-refractivity contribution in [2.75, 3.05) is 45.3 Å². The maximum absolute atomic E-state index is 12.9. The number of aromatic nitrogens is 1. The van der Waals surface area contributed by atoms with Crippen LogP contribution in [0.2, 0.25) is 0 Å². The second-order valence-corrected chi connectivity index (χ2v) is 9.97. The number of methoxy groups -OCH3 is 2. The van der Waals surface area contributed by atoms with E-state index in [0.717, 1.165) is 46.1 Å². The summed E-state index contributed by atoms with van der Waals surface area (Å²) in [6, 6.07) is 26.0. The number of rotatable bonds is 9. The molecule has 214 valence electrons. The average Bonchev–Trinajstić information content (AvgIpc) is 3.05. The highest BCUT2D eigenvalue weighted by Gasteiger charge is 2.22. The van der Waals surface area contributed by atoms with Crippen LogP contribution in [0.15, 0.2) is 96.2 Å². The minimum Gasteiger partial charge on any atom is -0.493 e. The summed E-state index contributed by atoms with van der Waals surface area (Å²) in [7, 11) is 3.20. The van der Waals surface area contributed by atoms with Crippen LogP contribution in [0.5, 0.6) is 17.2 Å². The summed E-state index contributed by atoms with van der Waals surface area (Å²) < 4.78 is 16.6. The molecule has 1 aliphatic heterocycles. The van der Waals surface area contributed by atoms with E-state index in [4.69, 9.17) is 13.7 Å². The van der Waals surface area contributed by atoms with Crippen molar-refractivity contribution in [1.29, 1.82) is 0 Å². The molecule has 0 saturated carbocycles. The maximum atomic E-state index is 12.9. The highest BCUT2D eigenvalue weighted by atomic mass is 32.2. The lowest BCUT2D eigenvalue weighted by Gasteiger charge is -2.36. The van der Waals surface area contributed by atoms with Gasteiger partial charge in [-0.2, -0.15) is 0 Å². The fraction of sp³-hybridized carbons (Fsp3) is 0.273. The lowest BCUT2D eigenvalue weighted by molar-refractivity contribution is -0.130. The number of amides is 1. The van der Waals surface area contributed by atoms with Crippen LogP contribution in [0.4, 0.5) is 5.69 Å². The molecule has 0 bridgehead atoms. The van der Waals surface area contributed by atoms with Gasteiger partial charge >= 0.3 is 0 Å². The number of pyridine rings is 1. The predicted octanol–water partition coefficient (Wildman–Crippen LogP) is 6.77. The predicted molar refractivity (Wildman–Crippen MR) is 166 cm³/mol. The molecule has 41 heavy (non-hydrogen) atoms. The number of hydrogen-bond acceptors (Lipinski definition) is 7. The van der Waals surface area contributed by atoms with Crippen molar-refractivity contribution < 1.29 is 18.5 Å². The van der Waals surface area contributed by atoms with Crippen LogP contribution in [0.25, 0.3) is 11.1 Å². The molecule has 1 fully saturated rings. The third-order valence-electron chi connectivity index (χ3n) is 6.72. The van der Waals surface area contributed by atoms with Crippen LogP contribution in [0.1, 0.15) is 19.4 Å². The molecule has 1 saturated heterocycles. The van der Waals surface area contributed by atoms with Gasteiger partial charge in [-0.1, -0.05) is 38.1 Å². The maximum Gasteiger partial charge on any atom is 0.227 e. The molecular weight excluding hydrogens is 534 g/mol. The van der Waals surface area contributed by atoms with Crippen molar-refractivity contribution in [1.82, 2.24) is 9.88 Å². The van der Waals surface area contributed by atoms with Gasteiger partial charge < -0.3 is 23.5 Å². The molecule has 1 amide bonds. The van der Waals surface area contributed by atoms with Crippen LogP contribution >= 0.6 is 12.0 Å². The Morgan fingerprint density at radius 1 is 0.829 bits per heavy atom. The Hall–Kier alpha value is -4.17. The zero-order chi connectivity index (χ0) is 29.0. The smallest absolute Gasteiger partial charge is 0.227 e. The Labute approximate surface area is 247 Å². The van der Waals surface area contributed by atoms with Gasteiger partial charge in [0.1, 0.15) is 5.75 Å². The van der Waals surface area contributed by atoms with Crippen molar-refractivity contribution in [3.8, 4) is 28.4 Å². The number of piperazine rings is 1. The molecule has 0 aliphatic carbocycles. The zero-order valence-electron chi connectivity index (χ0n) is 24.1. The number of ether oxygens (including phenoxy) is 2. The summed E-state index contributed by atoms with van der Waals surface area (Å²) in [4.78, 5) is 22.3. The molecule has 0 radical (unpaired) electrons. The van der Waals surface area contributed by atoms with Crippen molar-refractivity contribution in [2.24, 2.45) is 0 Å². The Balaban J connectivity index is 0.00000189. The lowest BCUT2D eigenvalue weighted by atomic mass is 10.1. The van der Waals surface area contributed by atoms with E-state index in [0.29, 0.717) is 31.0 Å².